The van der Waals surface area contributed by atoms with Crippen molar-refractivity contribution in [3.8, 4) is 22.8 Å². The van der Waals surface area contributed by atoms with Crippen LogP contribution < -0.4 is 14.8 Å². The van der Waals surface area contributed by atoms with E-state index in [0.29, 0.717) is 31.7 Å². The van der Waals surface area contributed by atoms with Gasteiger partial charge in [0.05, 0.1) is 26.0 Å². The molecule has 0 saturated carbocycles. The molecule has 2 aromatic heterocycles. The molecule has 8 nitrogen and oxygen atoms in total. The summed E-state index contributed by atoms with van der Waals surface area (Å²) in [6.07, 6.45) is 2.03. The normalized spacial score (nSPS) is 11.2. The van der Waals surface area contributed by atoms with Crippen LogP contribution in [0.3, 0.4) is 0 Å². The van der Waals surface area contributed by atoms with Gasteiger partial charge in [0.25, 0.3) is 0 Å². The molecule has 0 spiro atoms. The van der Waals surface area contributed by atoms with E-state index < -0.39 is 0 Å². The minimum atomic E-state index is 0.0302. The number of carbonyl (C=O) groups is 1. The standard InChI is InChI=1S/C25H34N4O4/c1-16(2)33-13-7-12-26-25(30)11-10-20-17(3)27-24-15-22(28-29(24)18(20)4)21-9-8-19(31-5)14-23(21)32-6/h8-9,14-16H,7,10-13H2,1-6H3,(H,26,30). The first-order chi connectivity index (χ1) is 15.8. The Hall–Kier alpha value is -3.13. The molecule has 0 aliphatic rings. The molecule has 0 unspecified atom stereocenters. The monoisotopic (exact) mass is 454 g/mol. The Kier molecular flexibility index (Phi) is 8.27. The Balaban J connectivity index is 1.73. The van der Waals surface area contributed by atoms with E-state index in [-0.39, 0.29) is 12.0 Å². The molecule has 3 rings (SSSR count). The minimum Gasteiger partial charge on any atom is -0.497 e. The number of nitrogens with one attached hydrogen (secondary N) is 1. The molecule has 0 aliphatic heterocycles. The smallest absolute Gasteiger partial charge is 0.220 e. The lowest BCUT2D eigenvalue weighted by Gasteiger charge is -2.11. The number of methoxy groups -OCH3 is 2. The van der Waals surface area contributed by atoms with Crippen LogP contribution in [0.1, 0.15) is 43.6 Å². The Bertz CT molecular complexity index is 1110. The minimum absolute atomic E-state index is 0.0302. The van der Waals surface area contributed by atoms with Crippen LogP contribution in [0.25, 0.3) is 16.9 Å². The second kappa shape index (κ2) is 11.1. The predicted octanol–water partition coefficient (Wildman–Crippen LogP) is 3.89. The molecule has 33 heavy (non-hydrogen) atoms. The first-order valence-electron chi connectivity index (χ1n) is 11.3. The molecule has 0 aliphatic carbocycles. The molecule has 0 saturated heterocycles. The van der Waals surface area contributed by atoms with Crippen LogP contribution in [0.4, 0.5) is 0 Å². The van der Waals surface area contributed by atoms with Crippen LogP contribution in [0.15, 0.2) is 24.3 Å². The van der Waals surface area contributed by atoms with Gasteiger partial charge in [-0.05, 0) is 58.2 Å². The van der Waals surface area contributed by atoms with Gasteiger partial charge in [0.1, 0.15) is 11.5 Å². The average Bonchev–Trinajstić information content (AvgIpc) is 3.21. The zero-order valence-electron chi connectivity index (χ0n) is 20.4. The third-order valence-electron chi connectivity index (χ3n) is 5.55. The summed E-state index contributed by atoms with van der Waals surface area (Å²) in [5, 5.41) is 7.74. The lowest BCUT2D eigenvalue weighted by molar-refractivity contribution is -0.121. The van der Waals surface area contributed by atoms with Crippen LogP contribution in [0, 0.1) is 13.8 Å². The Labute approximate surface area is 195 Å². The highest BCUT2D eigenvalue weighted by Gasteiger charge is 2.16. The van der Waals surface area contributed by atoms with E-state index in [1.165, 1.54) is 0 Å². The van der Waals surface area contributed by atoms with Crippen molar-refractivity contribution in [1.29, 1.82) is 0 Å². The van der Waals surface area contributed by atoms with Crippen molar-refractivity contribution in [2.45, 2.75) is 53.1 Å². The molecular weight excluding hydrogens is 420 g/mol. The maximum atomic E-state index is 12.3. The van der Waals surface area contributed by atoms with Crippen molar-refractivity contribution in [2.75, 3.05) is 27.4 Å². The van der Waals surface area contributed by atoms with Crippen molar-refractivity contribution in [2.24, 2.45) is 0 Å². The summed E-state index contributed by atoms with van der Waals surface area (Å²) in [5.41, 5.74) is 5.32. The third-order valence-corrected chi connectivity index (χ3v) is 5.55. The number of carbonyl (C=O) groups excluding carboxylic acids is 1. The fourth-order valence-corrected chi connectivity index (χ4v) is 3.78. The average molecular weight is 455 g/mol. The van der Waals surface area contributed by atoms with Gasteiger partial charge in [0.2, 0.25) is 5.91 Å². The first kappa shape index (κ1) is 24.5. The summed E-state index contributed by atoms with van der Waals surface area (Å²) in [7, 11) is 3.25. The summed E-state index contributed by atoms with van der Waals surface area (Å²) in [6.45, 7) is 9.27. The van der Waals surface area contributed by atoms with Gasteiger partial charge in [0.15, 0.2) is 5.65 Å². The molecule has 8 heteroatoms. The molecule has 0 fully saturated rings. The second-order valence-electron chi connectivity index (χ2n) is 8.25. The topological polar surface area (TPSA) is 87.0 Å². The van der Waals surface area contributed by atoms with Gasteiger partial charge in [-0.3, -0.25) is 4.79 Å². The first-order valence-corrected chi connectivity index (χ1v) is 11.3. The van der Waals surface area contributed by atoms with Gasteiger partial charge >= 0.3 is 0 Å². The van der Waals surface area contributed by atoms with Gasteiger partial charge in [-0.15, -0.1) is 0 Å². The molecule has 1 aromatic carbocycles. The van der Waals surface area contributed by atoms with E-state index in [1.807, 2.05) is 56.5 Å². The number of rotatable bonds is 11. The lowest BCUT2D eigenvalue weighted by atomic mass is 10.1. The van der Waals surface area contributed by atoms with Crippen LogP contribution in [-0.4, -0.2) is 54.0 Å². The molecular formula is C25H34N4O4. The van der Waals surface area contributed by atoms with Gasteiger partial charge in [-0.1, -0.05) is 0 Å². The summed E-state index contributed by atoms with van der Waals surface area (Å²) in [5.74, 6) is 1.43. The highest BCUT2D eigenvalue weighted by atomic mass is 16.5. The van der Waals surface area contributed by atoms with Crippen molar-refractivity contribution < 1.29 is 19.0 Å². The van der Waals surface area contributed by atoms with E-state index in [4.69, 9.17) is 24.3 Å². The van der Waals surface area contributed by atoms with Crippen LogP contribution in [-0.2, 0) is 16.0 Å². The van der Waals surface area contributed by atoms with Gasteiger partial charge in [0, 0.05) is 48.7 Å². The highest BCUT2D eigenvalue weighted by molar-refractivity contribution is 5.76. The van der Waals surface area contributed by atoms with Crippen LogP contribution in [0.2, 0.25) is 0 Å². The molecule has 0 radical (unpaired) electrons. The maximum Gasteiger partial charge on any atom is 0.220 e. The fraction of sp³-hybridized carbons (Fsp3) is 0.480. The SMILES string of the molecule is COc1ccc(-c2cc3nc(C)c(CCC(=O)NCCCOC(C)C)c(C)n3n2)c(OC)c1. The van der Waals surface area contributed by atoms with Crippen molar-refractivity contribution in [1.82, 2.24) is 19.9 Å². The van der Waals surface area contributed by atoms with Crippen LogP contribution in [0.5, 0.6) is 11.5 Å². The number of ether oxygens (including phenoxy) is 3. The predicted molar refractivity (Wildman–Crippen MR) is 128 cm³/mol. The molecule has 3 aromatic rings. The third kappa shape index (κ3) is 6.01. The van der Waals surface area contributed by atoms with Crippen molar-refractivity contribution in [3.05, 3.63) is 41.2 Å². The van der Waals surface area contributed by atoms with Crippen molar-refractivity contribution >= 4 is 11.6 Å². The van der Waals surface area contributed by atoms with Crippen molar-refractivity contribution in [3.63, 3.8) is 0 Å². The van der Waals surface area contributed by atoms with E-state index >= 15 is 0 Å². The molecule has 178 valence electrons. The van der Waals surface area contributed by atoms with E-state index in [0.717, 1.165) is 46.0 Å². The summed E-state index contributed by atoms with van der Waals surface area (Å²) >= 11 is 0. The highest BCUT2D eigenvalue weighted by Crippen LogP contribution is 2.33. The molecule has 1 amide bonds. The van der Waals surface area contributed by atoms with E-state index in [1.54, 1.807) is 14.2 Å². The molecule has 2 heterocycles. The van der Waals surface area contributed by atoms with Gasteiger partial charge < -0.3 is 19.5 Å². The summed E-state index contributed by atoms with van der Waals surface area (Å²) in [6, 6.07) is 7.59. The van der Waals surface area contributed by atoms with Gasteiger partial charge in [-0.25, -0.2) is 9.50 Å². The van der Waals surface area contributed by atoms with Gasteiger partial charge in [-0.2, -0.15) is 5.10 Å². The maximum absolute atomic E-state index is 12.3. The largest absolute Gasteiger partial charge is 0.497 e. The Morgan fingerprint density at radius 3 is 2.64 bits per heavy atom. The van der Waals surface area contributed by atoms with E-state index in [2.05, 4.69) is 5.32 Å². The summed E-state index contributed by atoms with van der Waals surface area (Å²) in [4.78, 5) is 17.0. The fourth-order valence-electron chi connectivity index (χ4n) is 3.78. The van der Waals surface area contributed by atoms with Crippen LogP contribution >= 0.6 is 0 Å². The van der Waals surface area contributed by atoms with E-state index in [9.17, 15) is 4.79 Å². The Morgan fingerprint density at radius 1 is 1.15 bits per heavy atom. The quantitative estimate of drug-likeness (QED) is 0.442. The number of benzene rings is 1. The zero-order valence-corrected chi connectivity index (χ0v) is 20.4. The number of fused-ring (bicyclic) bond motifs is 1. The number of hydrogen-bond acceptors (Lipinski definition) is 6. The molecule has 0 bridgehead atoms. The molecule has 1 N–H and O–H groups in total. The Morgan fingerprint density at radius 2 is 1.94 bits per heavy atom. The second-order valence-corrected chi connectivity index (χ2v) is 8.25. The number of amides is 1. The summed E-state index contributed by atoms with van der Waals surface area (Å²) < 4.78 is 18.2. The number of hydrogen-bond donors (Lipinski definition) is 1. The number of nitrogens with zero attached hydrogens (tertiary/aromatic N) is 3. The number of aryl methyl sites for hydroxylation is 2. The zero-order chi connectivity index (χ0) is 24.0. The molecule has 0 atom stereocenters. The number of aromatic nitrogens is 3. The lowest BCUT2D eigenvalue weighted by Crippen LogP contribution is -2.26.